The topological polar surface area (TPSA) is 89.8 Å². The predicted octanol–water partition coefficient (Wildman–Crippen LogP) is 2.91. The number of nitro groups is 1. The van der Waals surface area contributed by atoms with E-state index in [2.05, 4.69) is 0 Å². The molecule has 0 N–H and O–H groups in total. The first-order valence-electron chi connectivity index (χ1n) is 8.01. The quantitative estimate of drug-likeness (QED) is 0.425. The van der Waals surface area contributed by atoms with Gasteiger partial charge in [0.25, 0.3) is 5.69 Å². The molecule has 2 aromatic rings. The zero-order valence-corrected chi connectivity index (χ0v) is 15.5. The van der Waals surface area contributed by atoms with Crippen molar-refractivity contribution >= 4 is 27.5 Å². The van der Waals surface area contributed by atoms with E-state index in [9.17, 15) is 18.5 Å². The van der Waals surface area contributed by atoms with Crippen LogP contribution >= 0.6 is 11.8 Å². The first-order chi connectivity index (χ1) is 12.5. The van der Waals surface area contributed by atoms with E-state index in [0.29, 0.717) is 23.9 Å². The summed E-state index contributed by atoms with van der Waals surface area (Å²) in [5.41, 5.74) is 0.845. The lowest BCUT2D eigenvalue weighted by molar-refractivity contribution is -0.388. The molecule has 0 aromatic heterocycles. The number of nitrogens with zero attached hydrogens (tertiary/aromatic N) is 2. The van der Waals surface area contributed by atoms with E-state index < -0.39 is 14.9 Å². The number of morpholine rings is 1. The zero-order chi connectivity index (χ0) is 18.6. The summed E-state index contributed by atoms with van der Waals surface area (Å²) >= 11 is 1.31. The lowest BCUT2D eigenvalue weighted by atomic mass is 10.2. The number of hydrogen-bond donors (Lipinski definition) is 0. The Morgan fingerprint density at radius 2 is 1.81 bits per heavy atom. The van der Waals surface area contributed by atoms with Crippen molar-refractivity contribution in [3.8, 4) is 0 Å². The summed E-state index contributed by atoms with van der Waals surface area (Å²) in [4.78, 5) is 11.3. The fourth-order valence-corrected chi connectivity index (χ4v) is 4.98. The number of benzene rings is 2. The van der Waals surface area contributed by atoms with Crippen molar-refractivity contribution in [2.24, 2.45) is 0 Å². The molecule has 0 bridgehead atoms. The van der Waals surface area contributed by atoms with Crippen LogP contribution in [0.5, 0.6) is 0 Å². The SMILES string of the molecule is O=[N+]([O-])c1cc(S(=O)(=O)N2CCOCC2)ccc1SCc1ccccc1. The lowest BCUT2D eigenvalue weighted by Gasteiger charge is -2.26. The second-order valence-electron chi connectivity index (χ2n) is 5.68. The van der Waals surface area contributed by atoms with Crippen LogP contribution in [0.3, 0.4) is 0 Å². The molecule has 1 aliphatic heterocycles. The molecule has 0 saturated carbocycles. The average Bonchev–Trinajstić information content (AvgIpc) is 2.67. The summed E-state index contributed by atoms with van der Waals surface area (Å²) in [6.45, 7) is 1.15. The lowest BCUT2D eigenvalue weighted by Crippen LogP contribution is -2.40. The van der Waals surface area contributed by atoms with Crippen molar-refractivity contribution in [3.63, 3.8) is 0 Å². The Bertz CT molecular complexity index is 881. The molecule has 138 valence electrons. The minimum atomic E-state index is -3.76. The van der Waals surface area contributed by atoms with Gasteiger partial charge in [0.15, 0.2) is 0 Å². The Labute approximate surface area is 156 Å². The molecule has 1 saturated heterocycles. The van der Waals surface area contributed by atoms with Gasteiger partial charge in [-0.15, -0.1) is 11.8 Å². The van der Waals surface area contributed by atoms with Crippen LogP contribution in [0, 0.1) is 10.1 Å². The van der Waals surface area contributed by atoms with Crippen LogP contribution in [0.15, 0.2) is 58.3 Å². The molecule has 3 rings (SSSR count). The summed E-state index contributed by atoms with van der Waals surface area (Å²) in [7, 11) is -3.76. The molecule has 0 aliphatic carbocycles. The van der Waals surface area contributed by atoms with E-state index in [1.807, 2.05) is 30.3 Å². The highest BCUT2D eigenvalue weighted by Gasteiger charge is 2.28. The molecule has 0 radical (unpaired) electrons. The number of hydrogen-bond acceptors (Lipinski definition) is 6. The largest absolute Gasteiger partial charge is 0.379 e. The second kappa shape index (κ2) is 8.17. The minimum Gasteiger partial charge on any atom is -0.379 e. The highest BCUT2D eigenvalue weighted by molar-refractivity contribution is 7.98. The van der Waals surface area contributed by atoms with Gasteiger partial charge in [-0.1, -0.05) is 30.3 Å². The van der Waals surface area contributed by atoms with Gasteiger partial charge in [0.05, 0.1) is 27.9 Å². The van der Waals surface area contributed by atoms with Crippen LogP contribution in [-0.2, 0) is 20.5 Å². The van der Waals surface area contributed by atoms with Gasteiger partial charge in [0, 0.05) is 24.9 Å². The standard InChI is InChI=1S/C17H18N2O5S2/c20-19(21)16-12-15(26(22,23)18-8-10-24-11-9-18)6-7-17(16)25-13-14-4-2-1-3-5-14/h1-7,12H,8-11,13H2. The van der Waals surface area contributed by atoms with Gasteiger partial charge >= 0.3 is 0 Å². The summed E-state index contributed by atoms with van der Waals surface area (Å²) in [5, 5.41) is 11.5. The number of thioether (sulfide) groups is 1. The van der Waals surface area contributed by atoms with Crippen molar-refractivity contribution in [2.75, 3.05) is 26.3 Å². The van der Waals surface area contributed by atoms with Crippen molar-refractivity contribution in [2.45, 2.75) is 15.5 Å². The van der Waals surface area contributed by atoms with E-state index in [0.717, 1.165) is 11.6 Å². The molecular weight excluding hydrogens is 376 g/mol. The molecule has 26 heavy (non-hydrogen) atoms. The van der Waals surface area contributed by atoms with Crippen LogP contribution < -0.4 is 0 Å². The summed E-state index contributed by atoms with van der Waals surface area (Å²) in [6, 6.07) is 13.7. The maximum Gasteiger partial charge on any atom is 0.284 e. The van der Waals surface area contributed by atoms with Crippen molar-refractivity contribution in [1.82, 2.24) is 4.31 Å². The maximum atomic E-state index is 12.7. The van der Waals surface area contributed by atoms with E-state index in [1.54, 1.807) is 0 Å². The van der Waals surface area contributed by atoms with Crippen LogP contribution in [-0.4, -0.2) is 43.9 Å². The van der Waals surface area contributed by atoms with Crippen molar-refractivity contribution in [1.29, 1.82) is 0 Å². The molecule has 1 aliphatic rings. The second-order valence-corrected chi connectivity index (χ2v) is 8.63. The molecule has 1 fully saturated rings. The fourth-order valence-electron chi connectivity index (χ4n) is 2.59. The maximum absolute atomic E-state index is 12.7. The van der Waals surface area contributed by atoms with Gasteiger partial charge < -0.3 is 4.74 Å². The third-order valence-corrected chi connectivity index (χ3v) is 7.00. The number of nitro benzene ring substituents is 1. The highest BCUT2D eigenvalue weighted by atomic mass is 32.2. The molecule has 7 nitrogen and oxygen atoms in total. The van der Waals surface area contributed by atoms with E-state index in [4.69, 9.17) is 4.74 Å². The summed E-state index contributed by atoms with van der Waals surface area (Å²) in [6.07, 6.45) is 0. The first kappa shape index (κ1) is 18.8. The molecule has 2 aromatic carbocycles. The minimum absolute atomic E-state index is 0.0600. The van der Waals surface area contributed by atoms with Gasteiger partial charge in [0.2, 0.25) is 10.0 Å². The Kier molecular flexibility index (Phi) is 5.92. The molecule has 0 unspecified atom stereocenters. The smallest absolute Gasteiger partial charge is 0.284 e. The average molecular weight is 394 g/mol. The predicted molar refractivity (Wildman–Crippen MR) is 98.7 cm³/mol. The Hall–Kier alpha value is -1.94. The Balaban J connectivity index is 1.85. The van der Waals surface area contributed by atoms with Crippen molar-refractivity contribution < 1.29 is 18.1 Å². The Morgan fingerprint density at radius 3 is 2.46 bits per heavy atom. The van der Waals surface area contributed by atoms with E-state index >= 15 is 0 Å². The molecule has 9 heteroatoms. The van der Waals surface area contributed by atoms with Gasteiger partial charge in [-0.3, -0.25) is 10.1 Å². The van der Waals surface area contributed by atoms with Gasteiger partial charge in [0.1, 0.15) is 0 Å². The van der Waals surface area contributed by atoms with Crippen LogP contribution in [0.4, 0.5) is 5.69 Å². The normalized spacial score (nSPS) is 15.7. The number of rotatable bonds is 6. The monoisotopic (exact) mass is 394 g/mol. The first-order valence-corrected chi connectivity index (χ1v) is 10.4. The zero-order valence-electron chi connectivity index (χ0n) is 13.9. The van der Waals surface area contributed by atoms with Crippen molar-refractivity contribution in [3.05, 3.63) is 64.2 Å². The molecule has 0 amide bonds. The number of ether oxygens (including phenoxy) is 1. The van der Waals surface area contributed by atoms with Crippen LogP contribution in [0.2, 0.25) is 0 Å². The fraction of sp³-hybridized carbons (Fsp3) is 0.294. The summed E-state index contributed by atoms with van der Waals surface area (Å²) < 4.78 is 31.9. The molecule has 0 spiro atoms. The molecular formula is C17H18N2O5S2. The van der Waals surface area contributed by atoms with Gasteiger partial charge in [-0.05, 0) is 17.7 Å². The van der Waals surface area contributed by atoms with Gasteiger partial charge in [-0.25, -0.2) is 8.42 Å². The number of sulfonamides is 1. The van der Waals surface area contributed by atoms with E-state index in [-0.39, 0.29) is 23.7 Å². The Morgan fingerprint density at radius 1 is 1.12 bits per heavy atom. The third-order valence-electron chi connectivity index (χ3n) is 3.97. The molecule has 0 atom stereocenters. The van der Waals surface area contributed by atoms with Crippen LogP contribution in [0.25, 0.3) is 0 Å². The third kappa shape index (κ3) is 4.24. The van der Waals surface area contributed by atoms with Crippen LogP contribution in [0.1, 0.15) is 5.56 Å². The summed E-state index contributed by atoms with van der Waals surface area (Å²) in [5.74, 6) is 0.567. The van der Waals surface area contributed by atoms with Gasteiger partial charge in [-0.2, -0.15) is 4.31 Å². The van der Waals surface area contributed by atoms with E-state index in [1.165, 1.54) is 28.2 Å². The highest BCUT2D eigenvalue weighted by Crippen LogP contribution is 2.34. The molecule has 1 heterocycles.